The van der Waals surface area contributed by atoms with E-state index in [2.05, 4.69) is 20.4 Å². The van der Waals surface area contributed by atoms with Crippen molar-refractivity contribution in [2.45, 2.75) is 32.7 Å². The lowest BCUT2D eigenvalue weighted by molar-refractivity contribution is 0.162. The fraction of sp³-hybridized carbons (Fsp3) is 0.833. The minimum absolute atomic E-state index is 0.741. The van der Waals surface area contributed by atoms with Crippen LogP contribution in [0.4, 0.5) is 0 Å². The lowest BCUT2D eigenvalue weighted by atomic mass is 9.97. The minimum atomic E-state index is 0.741. The molecule has 0 saturated carbocycles. The second kappa shape index (κ2) is 6.12. The molecule has 5 heteroatoms. The van der Waals surface area contributed by atoms with Gasteiger partial charge in [0.15, 0.2) is 0 Å². The number of hydrogen-bond donors (Lipinski definition) is 1. The van der Waals surface area contributed by atoms with Crippen LogP contribution in [0.15, 0.2) is 4.42 Å². The van der Waals surface area contributed by atoms with E-state index >= 15 is 0 Å². The molecule has 1 N–H and O–H groups in total. The zero-order valence-corrected chi connectivity index (χ0v) is 10.8. The van der Waals surface area contributed by atoms with E-state index in [1.165, 1.54) is 12.8 Å². The molecule has 1 aromatic heterocycles. The molecule has 1 fully saturated rings. The Kier molecular flexibility index (Phi) is 4.50. The van der Waals surface area contributed by atoms with E-state index in [-0.39, 0.29) is 0 Å². The third kappa shape index (κ3) is 3.51. The average molecular weight is 238 g/mol. The van der Waals surface area contributed by atoms with Gasteiger partial charge in [-0.1, -0.05) is 6.92 Å². The van der Waals surface area contributed by atoms with Crippen molar-refractivity contribution < 1.29 is 4.42 Å². The summed E-state index contributed by atoms with van der Waals surface area (Å²) >= 11 is 0. The van der Waals surface area contributed by atoms with Crippen molar-refractivity contribution in [1.29, 1.82) is 0 Å². The number of nitrogens with zero attached hydrogens (tertiary/aromatic N) is 3. The number of piperidine rings is 1. The molecule has 2 heterocycles. The molecule has 2 rings (SSSR count). The molecule has 0 spiro atoms. The van der Waals surface area contributed by atoms with Crippen LogP contribution in [0.2, 0.25) is 0 Å². The van der Waals surface area contributed by atoms with Crippen LogP contribution in [0.3, 0.4) is 0 Å². The van der Waals surface area contributed by atoms with Gasteiger partial charge in [-0.15, -0.1) is 10.2 Å². The zero-order chi connectivity index (χ0) is 12.1. The van der Waals surface area contributed by atoms with E-state index in [0.717, 1.165) is 50.3 Å². The summed E-state index contributed by atoms with van der Waals surface area (Å²) in [5.74, 6) is 2.32. The first kappa shape index (κ1) is 12.5. The van der Waals surface area contributed by atoms with E-state index in [9.17, 15) is 0 Å². The Hall–Kier alpha value is -0.940. The molecule has 0 radical (unpaired) electrons. The molecule has 17 heavy (non-hydrogen) atoms. The first-order valence-electron chi connectivity index (χ1n) is 6.50. The standard InChI is InChI=1S/C12H22N4O/c1-3-11-14-15-12(17-11)9-16-6-4-10(5-7-16)8-13-2/h10,13H,3-9H2,1-2H3. The van der Waals surface area contributed by atoms with Gasteiger partial charge in [-0.05, 0) is 45.4 Å². The summed E-state index contributed by atoms with van der Waals surface area (Å²) in [6.45, 7) is 6.24. The summed E-state index contributed by atoms with van der Waals surface area (Å²) in [6, 6.07) is 0. The smallest absolute Gasteiger partial charge is 0.230 e. The predicted octanol–water partition coefficient (Wildman–Crippen LogP) is 1.06. The average Bonchev–Trinajstić information content (AvgIpc) is 2.80. The highest BCUT2D eigenvalue weighted by atomic mass is 16.4. The van der Waals surface area contributed by atoms with Gasteiger partial charge in [0.1, 0.15) is 0 Å². The minimum Gasteiger partial charge on any atom is -0.424 e. The predicted molar refractivity (Wildman–Crippen MR) is 65.6 cm³/mol. The van der Waals surface area contributed by atoms with Gasteiger partial charge in [0, 0.05) is 6.42 Å². The Bertz CT molecular complexity index is 331. The molecule has 0 aromatic carbocycles. The molecule has 0 aliphatic carbocycles. The Balaban J connectivity index is 1.77. The molecule has 1 aliphatic rings. The van der Waals surface area contributed by atoms with Crippen LogP contribution in [-0.2, 0) is 13.0 Å². The molecule has 0 atom stereocenters. The molecule has 0 amide bonds. The number of nitrogens with one attached hydrogen (secondary N) is 1. The van der Waals surface area contributed by atoms with Gasteiger partial charge in [-0.3, -0.25) is 4.90 Å². The van der Waals surface area contributed by atoms with Crippen molar-refractivity contribution in [3.05, 3.63) is 11.8 Å². The van der Waals surface area contributed by atoms with Crippen LogP contribution in [0.25, 0.3) is 0 Å². The third-order valence-electron chi connectivity index (χ3n) is 3.37. The summed E-state index contributed by atoms with van der Waals surface area (Å²) in [7, 11) is 2.02. The van der Waals surface area contributed by atoms with Crippen molar-refractivity contribution >= 4 is 0 Å². The number of hydrogen-bond acceptors (Lipinski definition) is 5. The highest BCUT2D eigenvalue weighted by molar-refractivity contribution is 4.83. The van der Waals surface area contributed by atoms with E-state index < -0.39 is 0 Å². The van der Waals surface area contributed by atoms with E-state index in [1.54, 1.807) is 0 Å². The van der Waals surface area contributed by atoms with Gasteiger partial charge in [-0.2, -0.15) is 0 Å². The molecule has 0 bridgehead atoms. The first-order chi connectivity index (χ1) is 8.31. The molecule has 96 valence electrons. The summed E-state index contributed by atoms with van der Waals surface area (Å²) in [6.07, 6.45) is 3.34. The van der Waals surface area contributed by atoms with Crippen molar-refractivity contribution in [2.24, 2.45) is 5.92 Å². The maximum atomic E-state index is 5.53. The molecule has 0 unspecified atom stereocenters. The second-order valence-electron chi connectivity index (χ2n) is 4.72. The summed E-state index contributed by atoms with van der Waals surface area (Å²) < 4.78 is 5.53. The summed E-state index contributed by atoms with van der Waals surface area (Å²) in [5.41, 5.74) is 0. The van der Waals surface area contributed by atoms with Crippen molar-refractivity contribution in [3.63, 3.8) is 0 Å². The Morgan fingerprint density at radius 3 is 2.59 bits per heavy atom. The molecule has 1 aromatic rings. The zero-order valence-electron chi connectivity index (χ0n) is 10.8. The lowest BCUT2D eigenvalue weighted by Crippen LogP contribution is -2.36. The maximum Gasteiger partial charge on any atom is 0.230 e. The summed E-state index contributed by atoms with van der Waals surface area (Å²) in [4.78, 5) is 2.40. The Labute approximate surface area is 103 Å². The quantitative estimate of drug-likeness (QED) is 0.831. The first-order valence-corrected chi connectivity index (χ1v) is 6.50. The number of likely N-dealkylation sites (tertiary alicyclic amines) is 1. The monoisotopic (exact) mass is 238 g/mol. The van der Waals surface area contributed by atoms with Gasteiger partial charge < -0.3 is 9.73 Å². The number of aryl methyl sites for hydroxylation is 1. The van der Waals surface area contributed by atoms with Crippen molar-refractivity contribution in [3.8, 4) is 0 Å². The lowest BCUT2D eigenvalue weighted by Gasteiger charge is -2.30. The van der Waals surface area contributed by atoms with Gasteiger partial charge in [-0.25, -0.2) is 0 Å². The van der Waals surface area contributed by atoms with E-state index in [0.29, 0.717) is 0 Å². The van der Waals surface area contributed by atoms with Crippen LogP contribution in [-0.4, -0.2) is 41.8 Å². The second-order valence-corrected chi connectivity index (χ2v) is 4.72. The van der Waals surface area contributed by atoms with Gasteiger partial charge >= 0.3 is 0 Å². The molecule has 1 saturated heterocycles. The van der Waals surface area contributed by atoms with Gasteiger partial charge in [0.25, 0.3) is 0 Å². The maximum absolute atomic E-state index is 5.53. The van der Waals surface area contributed by atoms with Crippen molar-refractivity contribution in [2.75, 3.05) is 26.7 Å². The van der Waals surface area contributed by atoms with E-state index in [1.807, 2.05) is 14.0 Å². The Morgan fingerprint density at radius 1 is 1.29 bits per heavy atom. The Morgan fingerprint density at radius 2 is 2.00 bits per heavy atom. The van der Waals surface area contributed by atoms with Gasteiger partial charge in [0.2, 0.25) is 11.8 Å². The summed E-state index contributed by atoms with van der Waals surface area (Å²) in [5, 5.41) is 11.3. The molecular weight excluding hydrogens is 216 g/mol. The van der Waals surface area contributed by atoms with Crippen LogP contribution in [0.1, 0.15) is 31.5 Å². The molecule has 1 aliphatic heterocycles. The molecule has 5 nitrogen and oxygen atoms in total. The highest BCUT2D eigenvalue weighted by Crippen LogP contribution is 2.17. The fourth-order valence-corrected chi connectivity index (χ4v) is 2.32. The van der Waals surface area contributed by atoms with Crippen LogP contribution >= 0.6 is 0 Å². The topological polar surface area (TPSA) is 54.2 Å². The van der Waals surface area contributed by atoms with Crippen LogP contribution in [0.5, 0.6) is 0 Å². The van der Waals surface area contributed by atoms with Gasteiger partial charge in [0.05, 0.1) is 6.54 Å². The highest BCUT2D eigenvalue weighted by Gasteiger charge is 2.20. The third-order valence-corrected chi connectivity index (χ3v) is 3.37. The van der Waals surface area contributed by atoms with Crippen molar-refractivity contribution in [1.82, 2.24) is 20.4 Å². The normalized spacial score (nSPS) is 18.7. The number of rotatable bonds is 5. The fourth-order valence-electron chi connectivity index (χ4n) is 2.32. The van der Waals surface area contributed by atoms with E-state index in [4.69, 9.17) is 4.42 Å². The van der Waals surface area contributed by atoms with Crippen LogP contribution in [0, 0.1) is 5.92 Å². The van der Waals surface area contributed by atoms with Crippen LogP contribution < -0.4 is 5.32 Å². The largest absolute Gasteiger partial charge is 0.424 e. The SMILES string of the molecule is CCc1nnc(CN2CCC(CNC)CC2)o1. The number of aromatic nitrogens is 2. The molecular formula is C12H22N4O.